The lowest BCUT2D eigenvalue weighted by Gasteiger charge is -2.09. The average molecular weight is 236 g/mol. The Labute approximate surface area is 98.2 Å². The Hall–Kier alpha value is -1.19. The van der Waals surface area contributed by atoms with Gasteiger partial charge in [0.15, 0.2) is 0 Å². The molecule has 0 aliphatic carbocycles. The first-order valence-corrected chi connectivity index (χ1v) is 6.12. The summed E-state index contributed by atoms with van der Waals surface area (Å²) >= 11 is 1.63. The molecule has 3 heteroatoms. The van der Waals surface area contributed by atoms with E-state index in [2.05, 4.69) is 0 Å². The minimum atomic E-state index is -0.403. The fraction of sp³-hybridized carbons (Fsp3) is 0.231. The van der Waals surface area contributed by atoms with Crippen molar-refractivity contribution in [1.82, 2.24) is 0 Å². The Morgan fingerprint density at radius 1 is 1.06 bits per heavy atom. The van der Waals surface area contributed by atoms with Crippen LogP contribution in [-0.2, 0) is 12.8 Å². The summed E-state index contributed by atoms with van der Waals surface area (Å²) in [6.07, 6.45) is 0.817. The van der Waals surface area contributed by atoms with Gasteiger partial charge in [-0.15, -0.1) is 0 Å². The van der Waals surface area contributed by atoms with E-state index in [0.29, 0.717) is 12.8 Å². The molecule has 1 nitrogen and oxygen atoms in total. The van der Waals surface area contributed by atoms with E-state index in [-0.39, 0.29) is 5.82 Å². The van der Waals surface area contributed by atoms with Gasteiger partial charge in [-0.2, -0.15) is 11.3 Å². The average Bonchev–Trinajstić information content (AvgIpc) is 2.74. The number of halogens is 1. The van der Waals surface area contributed by atoms with Gasteiger partial charge in [0.05, 0.1) is 6.10 Å². The third-order valence-corrected chi connectivity index (χ3v) is 3.17. The maximum Gasteiger partial charge on any atom is 0.123 e. The molecule has 0 fully saturated rings. The van der Waals surface area contributed by atoms with E-state index in [0.717, 1.165) is 11.1 Å². The Morgan fingerprint density at radius 3 is 2.38 bits per heavy atom. The van der Waals surface area contributed by atoms with Crippen LogP contribution < -0.4 is 0 Å². The van der Waals surface area contributed by atoms with Gasteiger partial charge in [0.1, 0.15) is 5.82 Å². The topological polar surface area (TPSA) is 20.2 Å². The Bertz CT molecular complexity index is 422. The second-order valence-corrected chi connectivity index (χ2v) is 4.60. The van der Waals surface area contributed by atoms with Gasteiger partial charge in [-0.1, -0.05) is 12.1 Å². The van der Waals surface area contributed by atoms with Gasteiger partial charge in [0, 0.05) is 0 Å². The van der Waals surface area contributed by atoms with Crippen molar-refractivity contribution < 1.29 is 9.50 Å². The SMILES string of the molecule is OC(Cc1ccc(F)cc1)Cc1ccsc1. The first-order valence-electron chi connectivity index (χ1n) is 5.17. The van der Waals surface area contributed by atoms with Crippen LogP contribution in [-0.4, -0.2) is 11.2 Å². The minimum Gasteiger partial charge on any atom is -0.392 e. The predicted molar refractivity (Wildman–Crippen MR) is 64.1 cm³/mol. The Balaban J connectivity index is 1.92. The highest BCUT2D eigenvalue weighted by molar-refractivity contribution is 7.07. The molecule has 1 atom stereocenters. The van der Waals surface area contributed by atoms with Crippen LogP contribution in [0.3, 0.4) is 0 Å². The molecule has 16 heavy (non-hydrogen) atoms. The monoisotopic (exact) mass is 236 g/mol. The number of thiophene rings is 1. The largest absolute Gasteiger partial charge is 0.392 e. The molecule has 2 rings (SSSR count). The zero-order valence-electron chi connectivity index (χ0n) is 8.77. The lowest BCUT2D eigenvalue weighted by Crippen LogP contribution is -2.13. The van der Waals surface area contributed by atoms with Crippen molar-refractivity contribution in [3.8, 4) is 0 Å². The van der Waals surface area contributed by atoms with Crippen LogP contribution >= 0.6 is 11.3 Å². The summed E-state index contributed by atoms with van der Waals surface area (Å²) in [6.45, 7) is 0. The first kappa shape index (κ1) is 11.3. The van der Waals surface area contributed by atoms with Crippen molar-refractivity contribution in [1.29, 1.82) is 0 Å². The van der Waals surface area contributed by atoms with E-state index in [4.69, 9.17) is 0 Å². The fourth-order valence-electron chi connectivity index (χ4n) is 1.65. The smallest absolute Gasteiger partial charge is 0.123 e. The standard InChI is InChI=1S/C13H13FOS/c14-12-3-1-10(2-4-12)7-13(15)8-11-5-6-16-9-11/h1-6,9,13,15H,7-8H2. The maximum absolute atomic E-state index is 12.7. The number of hydrogen-bond acceptors (Lipinski definition) is 2. The summed E-state index contributed by atoms with van der Waals surface area (Å²) in [4.78, 5) is 0. The van der Waals surface area contributed by atoms with E-state index >= 15 is 0 Å². The molecule has 0 bridgehead atoms. The summed E-state index contributed by atoms with van der Waals surface area (Å²) in [5.74, 6) is -0.240. The number of aliphatic hydroxyl groups excluding tert-OH is 1. The number of benzene rings is 1. The van der Waals surface area contributed by atoms with E-state index in [1.807, 2.05) is 16.8 Å². The number of aliphatic hydroxyl groups is 1. The van der Waals surface area contributed by atoms with Crippen LogP contribution in [0.4, 0.5) is 4.39 Å². The van der Waals surface area contributed by atoms with Gasteiger partial charge < -0.3 is 5.11 Å². The van der Waals surface area contributed by atoms with Crippen molar-refractivity contribution in [2.24, 2.45) is 0 Å². The predicted octanol–water partition coefficient (Wildman–Crippen LogP) is 3.03. The van der Waals surface area contributed by atoms with E-state index in [1.54, 1.807) is 23.5 Å². The summed E-state index contributed by atoms with van der Waals surface area (Å²) in [5, 5.41) is 13.9. The molecule has 0 aliphatic heterocycles. The van der Waals surface area contributed by atoms with Crippen LogP contribution in [0, 0.1) is 5.82 Å². The molecule has 1 aromatic carbocycles. The van der Waals surface area contributed by atoms with Crippen LogP contribution in [0.5, 0.6) is 0 Å². The molecular formula is C13H13FOS. The molecule has 2 aromatic rings. The molecule has 84 valence electrons. The van der Waals surface area contributed by atoms with E-state index in [1.165, 1.54) is 12.1 Å². The molecule has 0 aliphatic rings. The van der Waals surface area contributed by atoms with Crippen molar-refractivity contribution >= 4 is 11.3 Å². The van der Waals surface area contributed by atoms with Gasteiger partial charge in [-0.05, 0) is 52.9 Å². The summed E-state index contributed by atoms with van der Waals surface area (Å²) in [7, 11) is 0. The van der Waals surface area contributed by atoms with Gasteiger partial charge in [-0.25, -0.2) is 4.39 Å². The first-order chi connectivity index (χ1) is 7.74. The minimum absolute atomic E-state index is 0.240. The molecule has 0 amide bonds. The Kier molecular flexibility index (Phi) is 3.70. The highest BCUT2D eigenvalue weighted by atomic mass is 32.1. The normalized spacial score (nSPS) is 12.6. The quantitative estimate of drug-likeness (QED) is 0.865. The van der Waals surface area contributed by atoms with Crippen molar-refractivity contribution in [2.75, 3.05) is 0 Å². The molecule has 0 saturated heterocycles. The molecule has 1 unspecified atom stereocenters. The molecule has 1 N–H and O–H groups in total. The van der Waals surface area contributed by atoms with Crippen molar-refractivity contribution in [3.05, 3.63) is 58.0 Å². The zero-order valence-corrected chi connectivity index (χ0v) is 9.58. The fourth-order valence-corrected chi connectivity index (χ4v) is 2.33. The summed E-state index contributed by atoms with van der Waals surface area (Å²) in [6, 6.07) is 8.29. The van der Waals surface area contributed by atoms with Gasteiger partial charge in [-0.3, -0.25) is 0 Å². The molecule has 0 saturated carbocycles. The molecule has 1 aromatic heterocycles. The third kappa shape index (κ3) is 3.15. The van der Waals surface area contributed by atoms with Crippen molar-refractivity contribution in [3.63, 3.8) is 0 Å². The van der Waals surface area contributed by atoms with Gasteiger partial charge >= 0.3 is 0 Å². The van der Waals surface area contributed by atoms with Gasteiger partial charge in [0.25, 0.3) is 0 Å². The number of hydrogen-bond donors (Lipinski definition) is 1. The second kappa shape index (κ2) is 5.23. The maximum atomic E-state index is 12.7. The summed E-state index contributed by atoms with van der Waals surface area (Å²) in [5.41, 5.74) is 2.11. The van der Waals surface area contributed by atoms with Crippen LogP contribution in [0.2, 0.25) is 0 Å². The van der Waals surface area contributed by atoms with Crippen LogP contribution in [0.15, 0.2) is 41.1 Å². The second-order valence-electron chi connectivity index (χ2n) is 3.82. The number of rotatable bonds is 4. The third-order valence-electron chi connectivity index (χ3n) is 2.44. The van der Waals surface area contributed by atoms with E-state index in [9.17, 15) is 9.50 Å². The molecule has 0 spiro atoms. The van der Waals surface area contributed by atoms with Crippen LogP contribution in [0.25, 0.3) is 0 Å². The lowest BCUT2D eigenvalue weighted by molar-refractivity contribution is 0.175. The lowest BCUT2D eigenvalue weighted by atomic mass is 10.0. The van der Waals surface area contributed by atoms with Crippen molar-refractivity contribution in [2.45, 2.75) is 18.9 Å². The van der Waals surface area contributed by atoms with E-state index < -0.39 is 6.10 Å². The van der Waals surface area contributed by atoms with Gasteiger partial charge in [0.2, 0.25) is 0 Å². The summed E-state index contributed by atoms with van der Waals surface area (Å²) < 4.78 is 12.7. The highest BCUT2D eigenvalue weighted by Crippen LogP contribution is 2.12. The Morgan fingerprint density at radius 2 is 1.75 bits per heavy atom. The molecule has 0 radical (unpaired) electrons. The molecule has 1 heterocycles. The van der Waals surface area contributed by atoms with Crippen LogP contribution in [0.1, 0.15) is 11.1 Å². The zero-order chi connectivity index (χ0) is 11.4. The molecular weight excluding hydrogens is 223 g/mol. The highest BCUT2D eigenvalue weighted by Gasteiger charge is 2.07.